The standard InChI is InChI=1S/C62H38N4/c1-63-51-35-36-52(48-20-9-21-49(38-48)53-23-12-25-55-54-24-10-17-43-18-11-26-56(58(43)54)59(53)55)57(39-51)50-22-8-19-47(37-50)42-29-33-46(34-30-42)62-65-60(44-15-6-3-7-16-44)64-61(66-62)45-31-27-41(28-32-45)40-13-4-2-5-14-40/h2-39H. The lowest BCUT2D eigenvalue weighted by atomic mass is 9.89. The Morgan fingerprint density at radius 2 is 0.697 bits per heavy atom. The van der Waals surface area contributed by atoms with E-state index in [1.165, 1.54) is 38.6 Å². The van der Waals surface area contributed by atoms with Crippen molar-refractivity contribution in [3.8, 4) is 112 Å². The van der Waals surface area contributed by atoms with Gasteiger partial charge >= 0.3 is 0 Å². The van der Waals surface area contributed by atoms with E-state index >= 15 is 0 Å². The Morgan fingerprint density at radius 1 is 0.273 bits per heavy atom. The Balaban J connectivity index is 0.885. The molecule has 0 atom stereocenters. The molecular formula is C62H38N4. The number of hydrogen-bond donors (Lipinski definition) is 0. The summed E-state index contributed by atoms with van der Waals surface area (Å²) < 4.78 is 0. The number of aromatic nitrogens is 3. The summed E-state index contributed by atoms with van der Waals surface area (Å²) in [6, 6.07) is 80.6. The molecule has 11 aromatic rings. The van der Waals surface area contributed by atoms with E-state index in [4.69, 9.17) is 21.5 Å². The fourth-order valence-electron chi connectivity index (χ4n) is 9.50. The SMILES string of the molecule is [C-]#[N+]c1ccc(-c2cccc(-c3cccc4c3-c3cccc5cccc-4c35)c2)c(-c2cccc(-c3ccc(-c4nc(-c5ccccc5)nc(-c5ccc(-c6ccccc6)cc5)n4)cc3)c2)c1. The molecular weight excluding hydrogens is 801 g/mol. The molecule has 0 spiro atoms. The third-order valence-corrected chi connectivity index (χ3v) is 12.7. The molecule has 0 radical (unpaired) electrons. The summed E-state index contributed by atoms with van der Waals surface area (Å²) >= 11 is 0. The predicted molar refractivity (Wildman–Crippen MR) is 272 cm³/mol. The van der Waals surface area contributed by atoms with Crippen molar-refractivity contribution in [3.05, 3.63) is 242 Å². The Bertz CT molecular complexity index is 3680. The maximum Gasteiger partial charge on any atom is 0.187 e. The minimum atomic E-state index is 0.602. The van der Waals surface area contributed by atoms with E-state index in [0.29, 0.717) is 23.2 Å². The molecule has 306 valence electrons. The summed E-state index contributed by atoms with van der Waals surface area (Å²) in [5.41, 5.74) is 19.5. The molecule has 0 N–H and O–H groups in total. The fourth-order valence-corrected chi connectivity index (χ4v) is 9.50. The van der Waals surface area contributed by atoms with Crippen molar-refractivity contribution in [2.75, 3.05) is 0 Å². The number of rotatable bonds is 8. The van der Waals surface area contributed by atoms with Gasteiger partial charge in [0.15, 0.2) is 23.2 Å². The molecule has 1 heterocycles. The quantitative estimate of drug-likeness (QED) is 0.143. The highest BCUT2D eigenvalue weighted by Gasteiger charge is 2.24. The molecule has 0 unspecified atom stereocenters. The topological polar surface area (TPSA) is 43.0 Å². The Labute approximate surface area is 383 Å². The molecule has 0 saturated carbocycles. The van der Waals surface area contributed by atoms with Crippen LogP contribution in [0.15, 0.2) is 231 Å². The maximum atomic E-state index is 7.94. The zero-order valence-corrected chi connectivity index (χ0v) is 35.7. The predicted octanol–water partition coefficient (Wildman–Crippen LogP) is 16.6. The first kappa shape index (κ1) is 38.6. The van der Waals surface area contributed by atoms with Gasteiger partial charge < -0.3 is 0 Å². The van der Waals surface area contributed by atoms with Gasteiger partial charge in [0.05, 0.1) is 6.57 Å². The lowest BCUT2D eigenvalue weighted by Gasteiger charge is -2.15. The highest BCUT2D eigenvalue weighted by molar-refractivity contribution is 6.18. The van der Waals surface area contributed by atoms with Gasteiger partial charge in [-0.1, -0.05) is 212 Å². The highest BCUT2D eigenvalue weighted by atomic mass is 15.0. The Morgan fingerprint density at radius 3 is 1.33 bits per heavy atom. The largest absolute Gasteiger partial charge is 0.238 e. The Hall–Kier alpha value is -9.04. The van der Waals surface area contributed by atoms with Crippen LogP contribution in [0.4, 0.5) is 5.69 Å². The van der Waals surface area contributed by atoms with Crippen LogP contribution < -0.4 is 0 Å². The van der Waals surface area contributed by atoms with E-state index in [0.717, 1.165) is 66.8 Å². The third kappa shape index (κ3) is 6.93. The van der Waals surface area contributed by atoms with E-state index in [-0.39, 0.29) is 0 Å². The van der Waals surface area contributed by atoms with Gasteiger partial charge in [-0.25, -0.2) is 19.8 Å². The molecule has 0 aliphatic heterocycles. The zero-order valence-electron chi connectivity index (χ0n) is 35.7. The minimum Gasteiger partial charge on any atom is -0.238 e. The summed E-state index contributed by atoms with van der Waals surface area (Å²) in [4.78, 5) is 18.8. The van der Waals surface area contributed by atoms with Crippen molar-refractivity contribution < 1.29 is 0 Å². The molecule has 1 aromatic heterocycles. The van der Waals surface area contributed by atoms with Crippen molar-refractivity contribution in [1.29, 1.82) is 0 Å². The number of benzene rings is 10. The summed E-state index contributed by atoms with van der Waals surface area (Å²) in [5.74, 6) is 1.85. The van der Waals surface area contributed by atoms with Crippen LogP contribution in [0.5, 0.6) is 0 Å². The van der Waals surface area contributed by atoms with Crippen LogP contribution in [0, 0.1) is 6.57 Å². The van der Waals surface area contributed by atoms with Gasteiger partial charge in [-0.05, 0) is 107 Å². The molecule has 4 nitrogen and oxygen atoms in total. The lowest BCUT2D eigenvalue weighted by molar-refractivity contribution is 1.07. The normalized spacial score (nSPS) is 11.3. The summed E-state index contributed by atoms with van der Waals surface area (Å²) in [5, 5.41) is 2.59. The van der Waals surface area contributed by atoms with Crippen molar-refractivity contribution in [2.24, 2.45) is 0 Å². The second kappa shape index (κ2) is 16.3. The lowest BCUT2D eigenvalue weighted by Crippen LogP contribution is -2.00. The molecule has 1 aliphatic carbocycles. The van der Waals surface area contributed by atoms with Crippen molar-refractivity contribution >= 4 is 16.5 Å². The summed E-state index contributed by atoms with van der Waals surface area (Å²) in [6.45, 7) is 7.94. The smallest absolute Gasteiger partial charge is 0.187 e. The molecule has 0 fully saturated rings. The van der Waals surface area contributed by atoms with Crippen LogP contribution in [0.2, 0.25) is 0 Å². The van der Waals surface area contributed by atoms with Crippen LogP contribution in [-0.2, 0) is 0 Å². The second-order valence-corrected chi connectivity index (χ2v) is 16.6. The first-order valence-corrected chi connectivity index (χ1v) is 22.1. The van der Waals surface area contributed by atoms with E-state index in [1.807, 2.05) is 48.5 Å². The molecule has 0 saturated heterocycles. The number of nitrogens with zero attached hydrogens (tertiary/aromatic N) is 4. The summed E-state index contributed by atoms with van der Waals surface area (Å²) in [7, 11) is 0. The van der Waals surface area contributed by atoms with Crippen LogP contribution in [-0.4, -0.2) is 15.0 Å². The average Bonchev–Trinajstić information content (AvgIpc) is 3.74. The van der Waals surface area contributed by atoms with Crippen LogP contribution >= 0.6 is 0 Å². The molecule has 0 amide bonds. The van der Waals surface area contributed by atoms with Crippen molar-refractivity contribution in [1.82, 2.24) is 15.0 Å². The van der Waals surface area contributed by atoms with E-state index in [1.54, 1.807) is 0 Å². The first-order chi connectivity index (χ1) is 32.6. The zero-order chi connectivity index (χ0) is 44.0. The molecule has 0 bridgehead atoms. The van der Waals surface area contributed by atoms with Gasteiger partial charge in [0.25, 0.3) is 0 Å². The minimum absolute atomic E-state index is 0.602. The molecule has 1 aliphatic rings. The molecule has 10 aromatic carbocycles. The van der Waals surface area contributed by atoms with Gasteiger partial charge in [-0.2, -0.15) is 0 Å². The molecule has 4 heteroatoms. The van der Waals surface area contributed by atoms with Crippen LogP contribution in [0.1, 0.15) is 0 Å². The monoisotopic (exact) mass is 838 g/mol. The number of hydrogen-bond acceptors (Lipinski definition) is 3. The van der Waals surface area contributed by atoms with Gasteiger partial charge in [0.1, 0.15) is 0 Å². The van der Waals surface area contributed by atoms with E-state index < -0.39 is 0 Å². The van der Waals surface area contributed by atoms with Crippen molar-refractivity contribution in [3.63, 3.8) is 0 Å². The van der Waals surface area contributed by atoms with Crippen LogP contribution in [0.3, 0.4) is 0 Å². The Kier molecular flexibility index (Phi) is 9.51. The van der Waals surface area contributed by atoms with Gasteiger partial charge in [-0.15, -0.1) is 0 Å². The number of fused-ring (bicyclic) bond motifs is 3. The average molecular weight is 839 g/mol. The highest BCUT2D eigenvalue weighted by Crippen LogP contribution is 2.51. The fraction of sp³-hybridized carbons (Fsp3) is 0. The summed E-state index contributed by atoms with van der Waals surface area (Å²) in [6.07, 6.45) is 0. The van der Waals surface area contributed by atoms with Crippen LogP contribution in [0.25, 0.3) is 128 Å². The molecule has 66 heavy (non-hydrogen) atoms. The van der Waals surface area contributed by atoms with E-state index in [9.17, 15) is 0 Å². The van der Waals surface area contributed by atoms with Crippen molar-refractivity contribution in [2.45, 2.75) is 0 Å². The second-order valence-electron chi connectivity index (χ2n) is 16.6. The third-order valence-electron chi connectivity index (χ3n) is 12.7. The van der Waals surface area contributed by atoms with Gasteiger partial charge in [0.2, 0.25) is 0 Å². The maximum absolute atomic E-state index is 7.94. The first-order valence-electron chi connectivity index (χ1n) is 22.1. The van der Waals surface area contributed by atoms with E-state index in [2.05, 4.69) is 187 Å². The van der Waals surface area contributed by atoms with Gasteiger partial charge in [-0.3, -0.25) is 0 Å². The van der Waals surface area contributed by atoms with Gasteiger partial charge in [0, 0.05) is 16.7 Å². The molecule has 12 rings (SSSR count).